The van der Waals surface area contributed by atoms with E-state index in [1.165, 1.54) is 23.0 Å². The number of hydrogen-bond donors (Lipinski definition) is 1. The number of thioether (sulfide) groups is 1. The number of hydrogen-bond acceptors (Lipinski definition) is 6. The van der Waals surface area contributed by atoms with Crippen molar-refractivity contribution in [2.24, 2.45) is 10.1 Å². The maximum absolute atomic E-state index is 11.6. The lowest BCUT2D eigenvalue weighted by Gasteiger charge is -2.33. The number of benzene rings is 2. The number of amides is 1. The molecule has 2 aromatic carbocycles. The normalized spacial score (nSPS) is 18.2. The molecule has 34 heavy (non-hydrogen) atoms. The molecule has 0 spiro atoms. The van der Waals surface area contributed by atoms with Crippen LogP contribution < -0.4 is 19.8 Å². The van der Waals surface area contributed by atoms with Crippen LogP contribution in [0.4, 0.5) is 10.5 Å². The molecule has 1 atom stereocenters. The summed E-state index contributed by atoms with van der Waals surface area (Å²) in [4.78, 5) is 19.0. The molecule has 2 aliphatic rings. The van der Waals surface area contributed by atoms with Gasteiger partial charge in [0.15, 0.2) is 11.5 Å². The van der Waals surface area contributed by atoms with Crippen LogP contribution >= 0.6 is 11.8 Å². The number of nitrogens with zero attached hydrogens (tertiary/aromatic N) is 3. The molecule has 1 unspecified atom stereocenters. The highest BCUT2D eigenvalue weighted by atomic mass is 32.2. The summed E-state index contributed by atoms with van der Waals surface area (Å²) in [5.41, 5.74) is 8.00. The van der Waals surface area contributed by atoms with Gasteiger partial charge in [-0.25, -0.2) is 5.43 Å². The number of rotatable bonds is 7. The third-order valence-corrected chi connectivity index (χ3v) is 6.98. The maximum atomic E-state index is 11.6. The standard InChI is InChI=1S/C26H32N4O3S/c1-5-6-13-27-25(20-10-12-22(32-3)23(16-20)33-4)30-14-7-8-18-15-19(9-11-21(18)30)24-17(2)34-26(31)29-28-24/h9-12,15-17H,5-8,13-14H2,1-4H3,(H,29,31). The number of anilines is 1. The maximum Gasteiger partial charge on any atom is 0.299 e. The summed E-state index contributed by atoms with van der Waals surface area (Å²) in [6.45, 7) is 5.87. The number of amidine groups is 1. The molecule has 0 saturated carbocycles. The second-order valence-electron chi connectivity index (χ2n) is 8.38. The van der Waals surface area contributed by atoms with E-state index < -0.39 is 0 Å². The Morgan fingerprint density at radius 3 is 2.76 bits per heavy atom. The van der Waals surface area contributed by atoms with Crippen molar-refractivity contribution in [3.05, 3.63) is 53.1 Å². The fraction of sp³-hybridized carbons (Fsp3) is 0.423. The van der Waals surface area contributed by atoms with Gasteiger partial charge in [0.05, 0.1) is 25.2 Å². The fourth-order valence-corrected chi connectivity index (χ4v) is 5.09. The minimum absolute atomic E-state index is 0.0180. The number of hydrazone groups is 1. The molecule has 1 N–H and O–H groups in total. The Balaban J connectivity index is 1.72. The molecule has 0 radical (unpaired) electrons. The number of unbranched alkanes of at least 4 members (excludes halogenated alkanes) is 1. The van der Waals surface area contributed by atoms with Gasteiger partial charge in [-0.15, -0.1) is 0 Å². The van der Waals surface area contributed by atoms with Gasteiger partial charge in [-0.05, 0) is 67.6 Å². The molecule has 2 aromatic rings. The van der Waals surface area contributed by atoms with Crippen LogP contribution in [0.2, 0.25) is 0 Å². The largest absolute Gasteiger partial charge is 0.493 e. The first-order chi connectivity index (χ1) is 16.5. The molecule has 4 rings (SSSR count). The molecule has 8 heteroatoms. The van der Waals surface area contributed by atoms with Gasteiger partial charge >= 0.3 is 0 Å². The lowest BCUT2D eigenvalue weighted by Crippen LogP contribution is -2.37. The zero-order valence-electron chi connectivity index (χ0n) is 20.3. The molecule has 180 valence electrons. The molecule has 0 bridgehead atoms. The minimum Gasteiger partial charge on any atom is -0.493 e. The third-order valence-electron chi connectivity index (χ3n) is 6.10. The first-order valence-corrected chi connectivity index (χ1v) is 12.7. The summed E-state index contributed by atoms with van der Waals surface area (Å²) in [7, 11) is 3.30. The van der Waals surface area contributed by atoms with E-state index in [-0.39, 0.29) is 10.5 Å². The molecule has 2 heterocycles. The summed E-state index contributed by atoms with van der Waals surface area (Å²) in [6.07, 6.45) is 4.16. The number of ether oxygens (including phenoxy) is 2. The van der Waals surface area contributed by atoms with Gasteiger partial charge in [0.2, 0.25) is 0 Å². The van der Waals surface area contributed by atoms with Gasteiger partial charge in [-0.3, -0.25) is 9.79 Å². The quantitative estimate of drug-likeness (QED) is 0.333. The highest BCUT2D eigenvalue weighted by Gasteiger charge is 2.26. The van der Waals surface area contributed by atoms with Crippen molar-refractivity contribution < 1.29 is 14.3 Å². The van der Waals surface area contributed by atoms with E-state index in [2.05, 4.69) is 40.5 Å². The lowest BCUT2D eigenvalue weighted by molar-refractivity contribution is 0.261. The van der Waals surface area contributed by atoms with Crippen LogP contribution in [0.15, 0.2) is 46.5 Å². The van der Waals surface area contributed by atoms with Gasteiger partial charge in [0.1, 0.15) is 5.84 Å². The Labute approximate surface area is 205 Å². The van der Waals surface area contributed by atoms with Crippen molar-refractivity contribution in [1.29, 1.82) is 0 Å². The van der Waals surface area contributed by atoms with Gasteiger partial charge in [-0.2, -0.15) is 5.10 Å². The molecule has 0 fully saturated rings. The van der Waals surface area contributed by atoms with Gasteiger partial charge < -0.3 is 14.4 Å². The molecule has 0 aromatic heterocycles. The average Bonchev–Trinajstić information content (AvgIpc) is 2.86. The second-order valence-corrected chi connectivity index (χ2v) is 9.70. The Hall–Kier alpha value is -3.00. The van der Waals surface area contributed by atoms with Crippen molar-refractivity contribution >= 4 is 34.2 Å². The lowest BCUT2D eigenvalue weighted by atomic mass is 9.96. The van der Waals surface area contributed by atoms with E-state index in [9.17, 15) is 4.79 Å². The molecule has 0 saturated heterocycles. The van der Waals surface area contributed by atoms with Crippen LogP contribution in [0.5, 0.6) is 11.5 Å². The monoisotopic (exact) mass is 480 g/mol. The second kappa shape index (κ2) is 11.0. The summed E-state index contributed by atoms with van der Waals surface area (Å²) >= 11 is 1.27. The summed E-state index contributed by atoms with van der Waals surface area (Å²) in [6, 6.07) is 12.5. The molecule has 1 amide bonds. The number of aryl methyl sites for hydroxylation is 1. The summed E-state index contributed by atoms with van der Waals surface area (Å²) in [5, 5.41) is 4.24. The van der Waals surface area contributed by atoms with E-state index in [0.717, 1.165) is 61.4 Å². The smallest absolute Gasteiger partial charge is 0.299 e. The Bertz CT molecular complexity index is 1120. The van der Waals surface area contributed by atoms with Crippen LogP contribution in [0.1, 0.15) is 49.8 Å². The highest BCUT2D eigenvalue weighted by molar-refractivity contribution is 8.14. The number of nitrogens with one attached hydrogen (secondary N) is 1. The molecular weight excluding hydrogens is 448 g/mol. The van der Waals surface area contributed by atoms with Crippen LogP contribution in [-0.2, 0) is 6.42 Å². The summed E-state index contributed by atoms with van der Waals surface area (Å²) in [5.74, 6) is 2.35. The van der Waals surface area contributed by atoms with E-state index in [0.29, 0.717) is 11.5 Å². The number of carbonyl (C=O) groups is 1. The van der Waals surface area contributed by atoms with Gasteiger partial charge in [0, 0.05) is 24.3 Å². The van der Waals surface area contributed by atoms with E-state index in [1.807, 2.05) is 25.1 Å². The predicted octanol–water partition coefficient (Wildman–Crippen LogP) is 5.25. The van der Waals surface area contributed by atoms with Crippen molar-refractivity contribution in [2.45, 2.75) is 44.8 Å². The third kappa shape index (κ3) is 5.06. The molecule has 2 aliphatic heterocycles. The van der Waals surface area contributed by atoms with Crippen molar-refractivity contribution in [3.63, 3.8) is 0 Å². The predicted molar refractivity (Wildman–Crippen MR) is 140 cm³/mol. The number of aliphatic imine (C=N–C) groups is 1. The van der Waals surface area contributed by atoms with Gasteiger partial charge in [-0.1, -0.05) is 31.2 Å². The number of methoxy groups -OCH3 is 2. The van der Waals surface area contributed by atoms with Crippen LogP contribution in [0.3, 0.4) is 0 Å². The SMILES string of the molecule is CCCCN=C(c1ccc(OC)c(OC)c1)N1CCCc2cc(C3=NNC(=O)SC3C)ccc21. The molecule has 0 aliphatic carbocycles. The highest BCUT2D eigenvalue weighted by Crippen LogP contribution is 2.34. The fourth-order valence-electron chi connectivity index (χ4n) is 4.37. The van der Waals surface area contributed by atoms with Crippen molar-refractivity contribution in [3.8, 4) is 11.5 Å². The zero-order valence-corrected chi connectivity index (χ0v) is 21.1. The van der Waals surface area contributed by atoms with Gasteiger partial charge in [0.25, 0.3) is 5.24 Å². The van der Waals surface area contributed by atoms with Crippen molar-refractivity contribution in [1.82, 2.24) is 5.43 Å². The zero-order chi connectivity index (χ0) is 24.1. The Kier molecular flexibility index (Phi) is 7.77. The van der Waals surface area contributed by atoms with E-state index in [4.69, 9.17) is 14.5 Å². The summed E-state index contributed by atoms with van der Waals surface area (Å²) < 4.78 is 11.0. The van der Waals surface area contributed by atoms with E-state index in [1.54, 1.807) is 14.2 Å². The van der Waals surface area contributed by atoms with E-state index >= 15 is 0 Å². The Morgan fingerprint density at radius 2 is 2.03 bits per heavy atom. The number of carbonyl (C=O) groups excluding carboxylic acids is 1. The molecular formula is C26H32N4O3S. The first kappa shape index (κ1) is 24.1. The number of fused-ring (bicyclic) bond motifs is 1. The van der Waals surface area contributed by atoms with Crippen LogP contribution in [0.25, 0.3) is 0 Å². The molecule has 7 nitrogen and oxygen atoms in total. The van der Waals surface area contributed by atoms with Crippen LogP contribution in [0, 0.1) is 0 Å². The average molecular weight is 481 g/mol. The minimum atomic E-state index is -0.108. The van der Waals surface area contributed by atoms with Crippen LogP contribution in [-0.4, -0.2) is 49.3 Å². The van der Waals surface area contributed by atoms with Crippen molar-refractivity contribution in [2.75, 3.05) is 32.2 Å². The first-order valence-electron chi connectivity index (χ1n) is 11.8. The Morgan fingerprint density at radius 1 is 1.21 bits per heavy atom. The topological polar surface area (TPSA) is 75.5 Å².